The molecule has 0 spiro atoms. The number of alkyl halides is 3. The molecule has 1 atom stereocenters. The lowest BCUT2D eigenvalue weighted by Crippen LogP contribution is -2.43. The number of hydrogen-bond acceptors (Lipinski definition) is 3. The van der Waals surface area contributed by atoms with Gasteiger partial charge in [0.1, 0.15) is 0 Å². The molecule has 1 heterocycles. The van der Waals surface area contributed by atoms with Crippen molar-refractivity contribution in [2.75, 3.05) is 32.8 Å². The average molecular weight is 328 g/mol. The van der Waals surface area contributed by atoms with E-state index in [0.29, 0.717) is 32.8 Å². The van der Waals surface area contributed by atoms with Gasteiger partial charge in [-0.3, -0.25) is 9.69 Å². The number of morpholine rings is 1. The molecule has 1 fully saturated rings. The molecule has 1 aromatic carbocycles. The molecule has 7 heteroatoms. The number of halogens is 3. The van der Waals surface area contributed by atoms with E-state index < -0.39 is 11.7 Å². The van der Waals surface area contributed by atoms with Crippen molar-refractivity contribution in [3.05, 3.63) is 48.0 Å². The minimum Gasteiger partial charge on any atom is -0.379 e. The second-order valence-corrected chi connectivity index (χ2v) is 5.23. The number of nitrogens with zero attached hydrogens (tertiary/aromatic N) is 1. The van der Waals surface area contributed by atoms with Crippen LogP contribution in [0.5, 0.6) is 0 Å². The van der Waals surface area contributed by atoms with Crippen LogP contribution in [0.2, 0.25) is 0 Å². The van der Waals surface area contributed by atoms with E-state index in [1.165, 1.54) is 18.2 Å². The molecule has 1 aliphatic rings. The Morgan fingerprint density at radius 3 is 2.43 bits per heavy atom. The van der Waals surface area contributed by atoms with Gasteiger partial charge in [-0.1, -0.05) is 18.7 Å². The smallest absolute Gasteiger partial charge is 0.379 e. The van der Waals surface area contributed by atoms with Crippen molar-refractivity contribution in [1.29, 1.82) is 0 Å². The van der Waals surface area contributed by atoms with Crippen molar-refractivity contribution in [1.82, 2.24) is 10.2 Å². The van der Waals surface area contributed by atoms with Gasteiger partial charge in [0, 0.05) is 19.6 Å². The lowest BCUT2D eigenvalue weighted by molar-refractivity contribution is -0.137. The summed E-state index contributed by atoms with van der Waals surface area (Å²) in [5, 5.41) is 2.71. The highest BCUT2D eigenvalue weighted by Gasteiger charge is 2.31. The number of rotatable bonds is 5. The van der Waals surface area contributed by atoms with Crippen molar-refractivity contribution < 1.29 is 22.7 Å². The van der Waals surface area contributed by atoms with E-state index >= 15 is 0 Å². The van der Waals surface area contributed by atoms with Crippen LogP contribution in [-0.4, -0.2) is 43.7 Å². The molecule has 126 valence electrons. The molecule has 23 heavy (non-hydrogen) atoms. The maximum Gasteiger partial charge on any atom is 0.416 e. The third-order valence-corrected chi connectivity index (χ3v) is 3.76. The SMILES string of the molecule is C=CC(=O)NCC(c1ccc(C(F)(F)F)cc1)N1CCOCC1. The summed E-state index contributed by atoms with van der Waals surface area (Å²) in [5.74, 6) is -0.310. The third-order valence-electron chi connectivity index (χ3n) is 3.76. The van der Waals surface area contributed by atoms with Crippen LogP contribution >= 0.6 is 0 Å². The maximum atomic E-state index is 12.7. The third kappa shape index (κ3) is 4.80. The topological polar surface area (TPSA) is 41.6 Å². The summed E-state index contributed by atoms with van der Waals surface area (Å²) in [4.78, 5) is 13.5. The van der Waals surface area contributed by atoms with Gasteiger partial charge in [-0.15, -0.1) is 0 Å². The van der Waals surface area contributed by atoms with Crippen LogP contribution in [0.25, 0.3) is 0 Å². The number of benzene rings is 1. The molecular formula is C16H19F3N2O2. The van der Waals surface area contributed by atoms with Crippen LogP contribution in [0.4, 0.5) is 13.2 Å². The number of nitrogens with one attached hydrogen (secondary N) is 1. The van der Waals surface area contributed by atoms with Crippen molar-refractivity contribution in [3.63, 3.8) is 0 Å². The Morgan fingerprint density at radius 1 is 1.30 bits per heavy atom. The number of hydrogen-bond donors (Lipinski definition) is 1. The van der Waals surface area contributed by atoms with Crippen LogP contribution in [-0.2, 0) is 15.7 Å². The van der Waals surface area contributed by atoms with E-state index in [4.69, 9.17) is 4.74 Å². The monoisotopic (exact) mass is 328 g/mol. The molecule has 1 aromatic rings. The van der Waals surface area contributed by atoms with Crippen molar-refractivity contribution in [2.24, 2.45) is 0 Å². The summed E-state index contributed by atoms with van der Waals surface area (Å²) in [5.41, 5.74) is 0.0429. The highest BCUT2D eigenvalue weighted by molar-refractivity contribution is 5.86. The fourth-order valence-electron chi connectivity index (χ4n) is 2.51. The van der Waals surface area contributed by atoms with Gasteiger partial charge in [0.15, 0.2) is 0 Å². The highest BCUT2D eigenvalue weighted by Crippen LogP contribution is 2.31. The van der Waals surface area contributed by atoms with Gasteiger partial charge in [-0.2, -0.15) is 13.2 Å². The van der Waals surface area contributed by atoms with E-state index in [1.54, 1.807) is 0 Å². The number of ether oxygens (including phenoxy) is 1. The Morgan fingerprint density at radius 2 is 1.91 bits per heavy atom. The van der Waals surface area contributed by atoms with Crippen LogP contribution in [0.3, 0.4) is 0 Å². The Balaban J connectivity index is 2.17. The molecule has 1 unspecified atom stereocenters. The lowest BCUT2D eigenvalue weighted by Gasteiger charge is -2.35. The van der Waals surface area contributed by atoms with Crippen LogP contribution < -0.4 is 5.32 Å². The van der Waals surface area contributed by atoms with Gasteiger partial charge in [0.2, 0.25) is 5.91 Å². The second-order valence-electron chi connectivity index (χ2n) is 5.23. The molecule has 0 radical (unpaired) electrons. The van der Waals surface area contributed by atoms with Crippen LogP contribution in [0, 0.1) is 0 Å². The predicted octanol–water partition coefficient (Wildman–Crippen LogP) is 2.38. The molecule has 4 nitrogen and oxygen atoms in total. The Labute approximate surface area is 132 Å². The van der Waals surface area contributed by atoms with Crippen molar-refractivity contribution in [2.45, 2.75) is 12.2 Å². The van der Waals surface area contributed by atoms with Crippen LogP contribution in [0.1, 0.15) is 17.2 Å². The molecule has 1 saturated heterocycles. The summed E-state index contributed by atoms with van der Waals surface area (Å²) in [7, 11) is 0. The molecule has 0 saturated carbocycles. The van der Waals surface area contributed by atoms with E-state index in [0.717, 1.165) is 17.7 Å². The van der Waals surface area contributed by atoms with Crippen molar-refractivity contribution >= 4 is 5.91 Å². The minimum absolute atomic E-state index is 0.204. The quantitative estimate of drug-likeness (QED) is 0.844. The van der Waals surface area contributed by atoms with Gasteiger partial charge >= 0.3 is 6.18 Å². The highest BCUT2D eigenvalue weighted by atomic mass is 19.4. The fraction of sp³-hybridized carbons (Fsp3) is 0.438. The van der Waals surface area contributed by atoms with Gasteiger partial charge in [0.05, 0.1) is 24.8 Å². The zero-order valence-corrected chi connectivity index (χ0v) is 12.6. The predicted molar refractivity (Wildman–Crippen MR) is 79.8 cm³/mol. The molecule has 1 aliphatic heterocycles. The first-order chi connectivity index (χ1) is 10.9. The van der Waals surface area contributed by atoms with Gasteiger partial charge in [-0.05, 0) is 23.8 Å². The first kappa shape index (κ1) is 17.5. The number of carbonyl (C=O) groups is 1. The van der Waals surface area contributed by atoms with E-state index in [9.17, 15) is 18.0 Å². The molecule has 0 aromatic heterocycles. The number of carbonyl (C=O) groups excluding carboxylic acids is 1. The largest absolute Gasteiger partial charge is 0.416 e. The van der Waals surface area contributed by atoms with Gasteiger partial charge in [0.25, 0.3) is 0 Å². The first-order valence-electron chi connectivity index (χ1n) is 7.31. The summed E-state index contributed by atoms with van der Waals surface area (Å²) in [6.07, 6.45) is -3.19. The molecular weight excluding hydrogens is 309 g/mol. The van der Waals surface area contributed by atoms with Gasteiger partial charge in [-0.25, -0.2) is 0 Å². The molecule has 1 amide bonds. The molecule has 0 aliphatic carbocycles. The Hall–Kier alpha value is -1.86. The van der Waals surface area contributed by atoms with E-state index in [1.807, 2.05) is 0 Å². The minimum atomic E-state index is -4.36. The maximum absolute atomic E-state index is 12.7. The van der Waals surface area contributed by atoms with E-state index in [2.05, 4.69) is 16.8 Å². The summed E-state index contributed by atoms with van der Waals surface area (Å²) < 4.78 is 43.3. The molecule has 2 rings (SSSR count). The summed E-state index contributed by atoms with van der Waals surface area (Å²) in [6.45, 7) is 6.14. The zero-order chi connectivity index (χ0) is 16.9. The Bertz CT molecular complexity index is 537. The normalized spacial score (nSPS) is 17.5. The first-order valence-corrected chi connectivity index (χ1v) is 7.31. The second kappa shape index (κ2) is 7.61. The van der Waals surface area contributed by atoms with Gasteiger partial charge < -0.3 is 10.1 Å². The van der Waals surface area contributed by atoms with Crippen LogP contribution in [0.15, 0.2) is 36.9 Å². The summed E-state index contributed by atoms with van der Waals surface area (Å²) in [6, 6.07) is 4.85. The fourth-order valence-corrected chi connectivity index (χ4v) is 2.51. The Kier molecular flexibility index (Phi) is 5.79. The summed E-state index contributed by atoms with van der Waals surface area (Å²) >= 11 is 0. The number of amides is 1. The average Bonchev–Trinajstić information content (AvgIpc) is 2.55. The van der Waals surface area contributed by atoms with Crippen molar-refractivity contribution in [3.8, 4) is 0 Å². The molecule has 0 bridgehead atoms. The molecule has 1 N–H and O–H groups in total. The zero-order valence-electron chi connectivity index (χ0n) is 12.6. The standard InChI is InChI=1S/C16H19F3N2O2/c1-2-15(22)20-11-14(21-7-9-23-10-8-21)12-3-5-13(6-4-12)16(17,18)19/h2-6,14H,1,7-11H2,(H,20,22). The lowest BCUT2D eigenvalue weighted by atomic mass is 10.0. The van der Waals surface area contributed by atoms with E-state index in [-0.39, 0.29) is 11.9 Å².